The number of methoxy groups -OCH3 is 1. The zero-order chi connectivity index (χ0) is 45.3. The molecule has 5 N–H and O–H groups in total. The molecular weight excluding hydrogens is 860 g/mol. The summed E-state index contributed by atoms with van der Waals surface area (Å²) in [6.45, 7) is 3.98. The van der Waals surface area contributed by atoms with Gasteiger partial charge in [-0.3, -0.25) is 19.3 Å². The molecule has 5 aromatic carbocycles. The van der Waals surface area contributed by atoms with Crippen LogP contribution in [0.4, 0.5) is 0 Å². The second-order valence-corrected chi connectivity index (χ2v) is 17.9. The van der Waals surface area contributed by atoms with Crippen LogP contribution in [-0.4, -0.2) is 65.3 Å². The third-order valence-electron chi connectivity index (χ3n) is 11.9. The molecule has 0 bridgehead atoms. The van der Waals surface area contributed by atoms with Gasteiger partial charge in [-0.2, -0.15) is 0 Å². The van der Waals surface area contributed by atoms with Crippen molar-refractivity contribution >= 4 is 45.7 Å². The number of carbonyl (C=O) groups excluding carboxylic acids is 2. The number of benzene rings is 5. The van der Waals surface area contributed by atoms with Gasteiger partial charge < -0.3 is 35.3 Å². The number of aromatic amines is 1. The Labute approximate surface area is 386 Å². The number of fused-ring (bicyclic) bond motifs is 1. The van der Waals surface area contributed by atoms with Crippen molar-refractivity contribution in [2.45, 2.75) is 44.5 Å². The number of aromatic hydroxyl groups is 1. The number of nitrogens with one attached hydrogen (secondary N) is 3. The van der Waals surface area contributed by atoms with Crippen LogP contribution in [0.3, 0.4) is 0 Å². The lowest BCUT2D eigenvalue weighted by Gasteiger charge is -2.32. The molecule has 2 aromatic heterocycles. The van der Waals surface area contributed by atoms with E-state index in [0.29, 0.717) is 34.8 Å². The van der Waals surface area contributed by atoms with Crippen molar-refractivity contribution in [3.05, 3.63) is 187 Å². The predicted molar refractivity (Wildman–Crippen MR) is 256 cm³/mol. The summed E-state index contributed by atoms with van der Waals surface area (Å²) in [5.41, 5.74) is 5.38. The van der Waals surface area contributed by atoms with Crippen LogP contribution in [0.1, 0.15) is 67.9 Å². The van der Waals surface area contributed by atoms with Gasteiger partial charge in [0, 0.05) is 46.4 Å². The van der Waals surface area contributed by atoms with Crippen molar-refractivity contribution in [3.63, 3.8) is 0 Å². The van der Waals surface area contributed by atoms with Gasteiger partial charge in [-0.1, -0.05) is 96.5 Å². The minimum atomic E-state index is -0.957. The Balaban J connectivity index is 0.870. The highest BCUT2D eigenvalue weighted by molar-refractivity contribution is 7.15. The Hall–Kier alpha value is -6.28. The molecule has 0 aliphatic carbocycles. The number of aliphatic hydroxyl groups is 1. The molecule has 334 valence electrons. The van der Waals surface area contributed by atoms with Crippen molar-refractivity contribution < 1.29 is 29.3 Å². The van der Waals surface area contributed by atoms with Gasteiger partial charge in [0.25, 0.3) is 5.91 Å². The Morgan fingerprint density at radius 2 is 1.63 bits per heavy atom. The second kappa shape index (κ2) is 21.1. The summed E-state index contributed by atoms with van der Waals surface area (Å²) >= 11 is 8.22. The molecule has 1 aliphatic rings. The molecular formula is C52H51ClN4O7S. The molecule has 0 radical (unpaired) electrons. The number of H-pyrrole nitrogens is 1. The maximum absolute atomic E-state index is 14.0. The average Bonchev–Trinajstić information content (AvgIpc) is 3.81. The predicted octanol–water partition coefficient (Wildman–Crippen LogP) is 8.96. The number of hydrogen-bond acceptors (Lipinski definition) is 10. The van der Waals surface area contributed by atoms with E-state index in [1.165, 1.54) is 24.8 Å². The number of thiophene rings is 1. The summed E-state index contributed by atoms with van der Waals surface area (Å²) in [6, 6.07) is 41.5. The smallest absolute Gasteiger partial charge is 0.317 e. The number of ether oxygens (including phenoxy) is 2. The van der Waals surface area contributed by atoms with E-state index < -0.39 is 12.0 Å². The van der Waals surface area contributed by atoms with Crippen LogP contribution in [0.5, 0.6) is 11.5 Å². The number of carbonyl (C=O) groups is 2. The normalized spacial score (nSPS) is 14.2. The summed E-state index contributed by atoms with van der Waals surface area (Å²) in [5.74, 6) is -0.513. The molecule has 13 heteroatoms. The van der Waals surface area contributed by atoms with Gasteiger partial charge in [-0.05, 0) is 102 Å². The number of aromatic nitrogens is 1. The van der Waals surface area contributed by atoms with Gasteiger partial charge in [-0.15, -0.1) is 11.3 Å². The van der Waals surface area contributed by atoms with E-state index in [1.807, 2.05) is 66.7 Å². The standard InChI is InChI=1S/C52H51ClN4O7S/c1-63-46-27-42(43(53)26-38(46)28-54-30-45(59)40-16-18-44(58)50-41(40)17-20-48(60)56-50)51(61)55-29-39-15-19-47(65-39)36-13-8-14-37(25-36)49(35-11-6-3-7-12-35)52(62)64-32-34-21-23-57(24-22-34)31-33-9-4-2-5-10-33/h2-20,25-27,34,45,49,54,58-59H,21-24,28-32H2,1H3,(H,55,61)(H,56,60)/t45-,49?/m0/s1. The fourth-order valence-corrected chi connectivity index (χ4v) is 9.62. The number of rotatable bonds is 17. The molecule has 1 saturated heterocycles. The first-order valence-corrected chi connectivity index (χ1v) is 22.9. The molecule has 1 aliphatic heterocycles. The highest BCUT2D eigenvalue weighted by Gasteiger charge is 2.27. The van der Waals surface area contributed by atoms with E-state index in [2.05, 4.69) is 50.8 Å². The monoisotopic (exact) mass is 910 g/mol. The molecule has 7 aromatic rings. The molecule has 0 saturated carbocycles. The number of hydrogen-bond donors (Lipinski definition) is 5. The van der Waals surface area contributed by atoms with Crippen LogP contribution >= 0.6 is 22.9 Å². The molecule has 1 fully saturated rings. The number of amides is 1. The maximum atomic E-state index is 14.0. The van der Waals surface area contributed by atoms with Crippen LogP contribution in [0.15, 0.2) is 138 Å². The lowest BCUT2D eigenvalue weighted by atomic mass is 9.90. The van der Waals surface area contributed by atoms with Gasteiger partial charge in [0.1, 0.15) is 17.4 Å². The van der Waals surface area contributed by atoms with Gasteiger partial charge in [0.05, 0.1) is 42.5 Å². The Morgan fingerprint density at radius 1 is 0.877 bits per heavy atom. The molecule has 0 spiro atoms. The highest BCUT2D eigenvalue weighted by Crippen LogP contribution is 2.35. The number of piperidine rings is 1. The average molecular weight is 912 g/mol. The topological polar surface area (TPSA) is 153 Å². The van der Waals surface area contributed by atoms with Crippen molar-refractivity contribution in [1.29, 1.82) is 0 Å². The first-order chi connectivity index (χ1) is 31.6. The van der Waals surface area contributed by atoms with Gasteiger partial charge in [0.15, 0.2) is 0 Å². The first kappa shape index (κ1) is 45.3. The van der Waals surface area contributed by atoms with E-state index in [4.69, 9.17) is 21.1 Å². The molecule has 11 nitrogen and oxygen atoms in total. The molecule has 8 rings (SSSR count). The first-order valence-electron chi connectivity index (χ1n) is 21.7. The largest absolute Gasteiger partial charge is 0.506 e. The zero-order valence-electron chi connectivity index (χ0n) is 36.0. The third kappa shape index (κ3) is 11.2. The third-order valence-corrected chi connectivity index (χ3v) is 13.4. The number of nitrogens with zero attached hydrogens (tertiary/aromatic N) is 1. The minimum absolute atomic E-state index is 0.0857. The van der Waals surface area contributed by atoms with Crippen molar-refractivity contribution in [2.75, 3.05) is 33.4 Å². The summed E-state index contributed by atoms with van der Waals surface area (Å²) in [5, 5.41) is 28.2. The van der Waals surface area contributed by atoms with E-state index in [1.54, 1.807) is 35.6 Å². The Bertz CT molecular complexity index is 2810. The van der Waals surface area contributed by atoms with Crippen LogP contribution in [0.2, 0.25) is 5.02 Å². The highest BCUT2D eigenvalue weighted by atomic mass is 35.5. The van der Waals surface area contributed by atoms with E-state index in [9.17, 15) is 24.6 Å². The minimum Gasteiger partial charge on any atom is -0.506 e. The van der Waals surface area contributed by atoms with Crippen LogP contribution < -0.4 is 20.9 Å². The van der Waals surface area contributed by atoms with Crippen molar-refractivity contribution in [2.24, 2.45) is 5.92 Å². The van der Waals surface area contributed by atoms with E-state index >= 15 is 0 Å². The maximum Gasteiger partial charge on any atom is 0.317 e. The summed E-state index contributed by atoms with van der Waals surface area (Å²) < 4.78 is 11.7. The lowest BCUT2D eigenvalue weighted by Crippen LogP contribution is -2.35. The van der Waals surface area contributed by atoms with Crippen LogP contribution in [0, 0.1) is 5.92 Å². The number of pyridine rings is 1. The summed E-state index contributed by atoms with van der Waals surface area (Å²) in [6.07, 6.45) is 1.02. The SMILES string of the molecule is COc1cc(C(=O)NCc2ccc(-c3cccc(C(C(=O)OCC4CCN(Cc5ccccc5)CC4)c4ccccc4)c3)s2)c(Cl)cc1CNC[C@H](O)c1ccc(O)c2[nH]c(=O)ccc12. The zero-order valence-corrected chi connectivity index (χ0v) is 37.5. The Kier molecular flexibility index (Phi) is 14.7. The lowest BCUT2D eigenvalue weighted by molar-refractivity contribution is -0.146. The molecule has 3 heterocycles. The van der Waals surface area contributed by atoms with Crippen LogP contribution in [0.25, 0.3) is 21.3 Å². The number of aliphatic hydroxyl groups excluding tert-OH is 1. The number of phenols is 1. The molecule has 1 unspecified atom stereocenters. The van der Waals surface area contributed by atoms with Crippen molar-refractivity contribution in [3.8, 4) is 21.9 Å². The number of likely N-dealkylation sites (tertiary alicyclic amines) is 1. The molecule has 1 amide bonds. The molecule has 2 atom stereocenters. The van der Waals surface area contributed by atoms with E-state index in [0.717, 1.165) is 58.9 Å². The fraction of sp³-hybridized carbons (Fsp3) is 0.250. The summed E-state index contributed by atoms with van der Waals surface area (Å²) in [4.78, 5) is 46.2. The Morgan fingerprint density at radius 3 is 2.40 bits per heavy atom. The van der Waals surface area contributed by atoms with Gasteiger partial charge in [0.2, 0.25) is 5.56 Å². The fourth-order valence-electron chi connectivity index (χ4n) is 8.41. The van der Waals surface area contributed by atoms with Crippen LogP contribution in [-0.2, 0) is 29.2 Å². The number of halogens is 1. The van der Waals surface area contributed by atoms with Gasteiger partial charge in [-0.25, -0.2) is 0 Å². The number of esters is 1. The summed E-state index contributed by atoms with van der Waals surface area (Å²) in [7, 11) is 1.51. The second-order valence-electron chi connectivity index (χ2n) is 16.3. The quantitative estimate of drug-likeness (QED) is 0.0564. The van der Waals surface area contributed by atoms with Crippen molar-refractivity contribution in [1.82, 2.24) is 20.5 Å². The number of phenolic OH excluding ortho intramolecular Hbond substituents is 1. The molecule has 65 heavy (non-hydrogen) atoms. The van der Waals surface area contributed by atoms with Gasteiger partial charge >= 0.3 is 5.97 Å². The van der Waals surface area contributed by atoms with E-state index in [-0.39, 0.29) is 58.9 Å².